The first-order valence-electron chi connectivity index (χ1n) is 7.18. The van der Waals surface area contributed by atoms with E-state index in [1.807, 2.05) is 19.2 Å². The fourth-order valence-corrected chi connectivity index (χ4v) is 2.40. The highest BCUT2D eigenvalue weighted by molar-refractivity contribution is 6.30. The molecular weight excluding hydrogens is 256 g/mol. The average molecular weight is 283 g/mol. The van der Waals surface area contributed by atoms with Gasteiger partial charge in [-0.15, -0.1) is 0 Å². The van der Waals surface area contributed by atoms with E-state index in [2.05, 4.69) is 43.2 Å². The molecule has 0 aliphatic heterocycles. The van der Waals surface area contributed by atoms with Gasteiger partial charge in [0.05, 0.1) is 0 Å². The van der Waals surface area contributed by atoms with E-state index in [4.69, 9.17) is 11.6 Å². The van der Waals surface area contributed by atoms with Crippen molar-refractivity contribution in [1.29, 1.82) is 0 Å². The van der Waals surface area contributed by atoms with Gasteiger partial charge in [-0.2, -0.15) is 0 Å². The van der Waals surface area contributed by atoms with E-state index in [1.165, 1.54) is 18.5 Å². The van der Waals surface area contributed by atoms with Gasteiger partial charge < -0.3 is 10.2 Å². The Morgan fingerprint density at radius 1 is 1.26 bits per heavy atom. The summed E-state index contributed by atoms with van der Waals surface area (Å²) in [4.78, 5) is 2.43. The summed E-state index contributed by atoms with van der Waals surface area (Å²) >= 11 is 5.93. The number of benzene rings is 1. The second-order valence-electron chi connectivity index (χ2n) is 5.46. The topological polar surface area (TPSA) is 15.3 Å². The van der Waals surface area contributed by atoms with Crippen LogP contribution in [0.25, 0.3) is 0 Å². The summed E-state index contributed by atoms with van der Waals surface area (Å²) < 4.78 is 0. The van der Waals surface area contributed by atoms with Crippen molar-refractivity contribution in [3.05, 3.63) is 34.9 Å². The fraction of sp³-hybridized carbons (Fsp3) is 0.625. The minimum Gasteiger partial charge on any atom is -0.313 e. The van der Waals surface area contributed by atoms with Crippen LogP contribution in [0.1, 0.15) is 38.3 Å². The molecule has 2 atom stereocenters. The minimum atomic E-state index is 0.400. The lowest BCUT2D eigenvalue weighted by Gasteiger charge is -2.24. The molecule has 0 aliphatic carbocycles. The Morgan fingerprint density at radius 2 is 1.89 bits per heavy atom. The summed E-state index contributed by atoms with van der Waals surface area (Å²) in [6.07, 6.45) is 2.36. The van der Waals surface area contributed by atoms with Crippen LogP contribution in [0.3, 0.4) is 0 Å². The Kier molecular flexibility index (Phi) is 7.44. The third-order valence-corrected chi connectivity index (χ3v) is 3.99. The van der Waals surface area contributed by atoms with E-state index in [9.17, 15) is 0 Å². The maximum atomic E-state index is 5.93. The van der Waals surface area contributed by atoms with E-state index >= 15 is 0 Å². The number of hydrogen-bond acceptors (Lipinski definition) is 2. The Labute approximate surface area is 123 Å². The molecule has 1 N–H and O–H groups in total. The number of rotatable bonds is 8. The van der Waals surface area contributed by atoms with Crippen molar-refractivity contribution < 1.29 is 0 Å². The van der Waals surface area contributed by atoms with Crippen LogP contribution < -0.4 is 5.32 Å². The van der Waals surface area contributed by atoms with Crippen molar-refractivity contribution in [1.82, 2.24) is 10.2 Å². The van der Waals surface area contributed by atoms with Gasteiger partial charge in [-0.25, -0.2) is 0 Å². The smallest absolute Gasteiger partial charge is 0.0406 e. The Morgan fingerprint density at radius 3 is 2.42 bits per heavy atom. The summed E-state index contributed by atoms with van der Waals surface area (Å²) in [7, 11) is 4.23. The van der Waals surface area contributed by atoms with Crippen molar-refractivity contribution in [2.75, 3.05) is 27.2 Å². The van der Waals surface area contributed by atoms with Gasteiger partial charge in [0.25, 0.3) is 0 Å². The van der Waals surface area contributed by atoms with Crippen molar-refractivity contribution in [3.8, 4) is 0 Å². The summed E-state index contributed by atoms with van der Waals surface area (Å²) in [5.41, 5.74) is 1.31. The van der Waals surface area contributed by atoms with E-state index in [0.717, 1.165) is 23.9 Å². The first-order chi connectivity index (χ1) is 9.06. The van der Waals surface area contributed by atoms with Crippen LogP contribution in [0, 0.1) is 5.92 Å². The second kappa shape index (κ2) is 8.57. The van der Waals surface area contributed by atoms with Crippen molar-refractivity contribution in [2.45, 2.75) is 32.7 Å². The molecule has 19 heavy (non-hydrogen) atoms. The lowest BCUT2D eigenvalue weighted by Crippen LogP contribution is -2.28. The predicted octanol–water partition coefficient (Wildman–Crippen LogP) is 3.97. The highest BCUT2D eigenvalue weighted by Gasteiger charge is 2.11. The summed E-state index contributed by atoms with van der Waals surface area (Å²) in [6.45, 7) is 6.85. The van der Waals surface area contributed by atoms with Gasteiger partial charge in [-0.05, 0) is 50.7 Å². The molecule has 0 bridgehead atoms. The van der Waals surface area contributed by atoms with Gasteiger partial charge in [-0.3, -0.25) is 0 Å². The van der Waals surface area contributed by atoms with Crippen LogP contribution in [0.2, 0.25) is 5.02 Å². The maximum Gasteiger partial charge on any atom is 0.0406 e. The largest absolute Gasteiger partial charge is 0.313 e. The zero-order valence-corrected chi connectivity index (χ0v) is 13.4. The van der Waals surface area contributed by atoms with E-state index < -0.39 is 0 Å². The van der Waals surface area contributed by atoms with Crippen LogP contribution in [-0.4, -0.2) is 32.1 Å². The zero-order chi connectivity index (χ0) is 14.3. The molecule has 1 aromatic carbocycles. The van der Waals surface area contributed by atoms with Gasteiger partial charge in [0.1, 0.15) is 0 Å². The molecule has 2 nitrogen and oxygen atoms in total. The molecule has 1 aromatic rings. The molecule has 2 unspecified atom stereocenters. The molecule has 0 amide bonds. The molecule has 108 valence electrons. The van der Waals surface area contributed by atoms with Gasteiger partial charge >= 0.3 is 0 Å². The molecule has 0 saturated heterocycles. The van der Waals surface area contributed by atoms with E-state index in [1.54, 1.807) is 0 Å². The Hall–Kier alpha value is -0.570. The van der Waals surface area contributed by atoms with Gasteiger partial charge in [0, 0.05) is 17.6 Å². The second-order valence-corrected chi connectivity index (χ2v) is 5.89. The Bertz CT molecular complexity index is 350. The molecule has 0 fully saturated rings. The molecule has 3 heteroatoms. The van der Waals surface area contributed by atoms with Crippen molar-refractivity contribution in [3.63, 3.8) is 0 Å². The lowest BCUT2D eigenvalue weighted by molar-refractivity contribution is 0.268. The fourth-order valence-electron chi connectivity index (χ4n) is 2.27. The molecular formula is C16H27ClN2. The van der Waals surface area contributed by atoms with E-state index in [0.29, 0.717) is 6.04 Å². The number of halogens is 1. The first-order valence-corrected chi connectivity index (χ1v) is 7.55. The third kappa shape index (κ3) is 5.94. The van der Waals surface area contributed by atoms with E-state index in [-0.39, 0.29) is 0 Å². The molecule has 0 radical (unpaired) electrons. The predicted molar refractivity (Wildman–Crippen MR) is 84.8 cm³/mol. The van der Waals surface area contributed by atoms with Crippen molar-refractivity contribution in [2.24, 2.45) is 5.92 Å². The molecule has 0 spiro atoms. The maximum absolute atomic E-state index is 5.93. The summed E-state index contributed by atoms with van der Waals surface area (Å²) in [6, 6.07) is 8.54. The van der Waals surface area contributed by atoms with Gasteiger partial charge in [-0.1, -0.05) is 44.0 Å². The summed E-state index contributed by atoms with van der Waals surface area (Å²) in [5, 5.41) is 4.19. The third-order valence-electron chi connectivity index (χ3n) is 3.74. The van der Waals surface area contributed by atoms with Crippen LogP contribution in [0.4, 0.5) is 0 Å². The number of nitrogens with zero attached hydrogens (tertiary/aromatic N) is 1. The molecule has 1 rings (SSSR count). The van der Waals surface area contributed by atoms with Gasteiger partial charge in [0.2, 0.25) is 0 Å². The van der Waals surface area contributed by atoms with Crippen LogP contribution >= 0.6 is 11.6 Å². The summed E-state index contributed by atoms with van der Waals surface area (Å²) in [5.74, 6) is 0.772. The molecule has 0 saturated carbocycles. The SMILES string of the molecule is CCC(C)CN(C)CCC(NC)c1ccc(Cl)cc1. The van der Waals surface area contributed by atoms with Gasteiger partial charge in [0.15, 0.2) is 0 Å². The highest BCUT2D eigenvalue weighted by atomic mass is 35.5. The lowest BCUT2D eigenvalue weighted by atomic mass is 10.0. The zero-order valence-electron chi connectivity index (χ0n) is 12.6. The van der Waals surface area contributed by atoms with Crippen molar-refractivity contribution >= 4 is 11.6 Å². The molecule has 0 aliphatic rings. The Balaban J connectivity index is 2.46. The standard InChI is InChI=1S/C16H27ClN2/c1-5-13(2)12-19(4)11-10-16(18-3)14-6-8-15(17)9-7-14/h6-9,13,16,18H,5,10-12H2,1-4H3. The quantitative estimate of drug-likeness (QED) is 0.776. The number of nitrogens with one attached hydrogen (secondary N) is 1. The minimum absolute atomic E-state index is 0.400. The molecule has 0 heterocycles. The first kappa shape index (κ1) is 16.5. The monoisotopic (exact) mass is 282 g/mol. The normalized spacial score (nSPS) is 14.6. The molecule has 0 aromatic heterocycles. The number of hydrogen-bond donors (Lipinski definition) is 1. The van der Waals surface area contributed by atoms with Crippen LogP contribution in [-0.2, 0) is 0 Å². The van der Waals surface area contributed by atoms with Crippen LogP contribution in [0.15, 0.2) is 24.3 Å². The average Bonchev–Trinajstić information content (AvgIpc) is 2.41. The van der Waals surface area contributed by atoms with Crippen LogP contribution in [0.5, 0.6) is 0 Å². The highest BCUT2D eigenvalue weighted by Crippen LogP contribution is 2.19.